The number of para-hydroxylation sites is 1. The topological polar surface area (TPSA) is 52.6 Å². The van der Waals surface area contributed by atoms with Crippen LogP contribution in [0.4, 0.5) is 5.69 Å². The van der Waals surface area contributed by atoms with Crippen LogP contribution in [0, 0.1) is 12.8 Å². The van der Waals surface area contributed by atoms with Crippen molar-refractivity contribution in [1.82, 2.24) is 5.32 Å². The number of nitrogens with zero attached hydrogens (tertiary/aromatic N) is 1. The standard InChI is InChI=1S/C17H26N2O2/c1-4-11-18-17(16(20)21,14-9-10-14)12-19(3)15-8-6-5-7-13(15)2/h5-8,14,18H,4,9-12H2,1-3H3,(H,20,21). The number of carboxylic acid groups (broad SMARTS) is 1. The Morgan fingerprint density at radius 1 is 1.43 bits per heavy atom. The van der Waals surface area contributed by atoms with Gasteiger partial charge in [-0.3, -0.25) is 4.79 Å². The molecular weight excluding hydrogens is 264 g/mol. The molecule has 1 aromatic carbocycles. The van der Waals surface area contributed by atoms with Crippen LogP contribution in [0.25, 0.3) is 0 Å². The van der Waals surface area contributed by atoms with E-state index in [-0.39, 0.29) is 5.92 Å². The molecule has 1 atom stereocenters. The third-order valence-electron chi connectivity index (χ3n) is 4.36. The summed E-state index contributed by atoms with van der Waals surface area (Å²) in [5, 5.41) is 13.2. The summed E-state index contributed by atoms with van der Waals surface area (Å²) < 4.78 is 0. The number of hydrogen-bond donors (Lipinski definition) is 2. The minimum absolute atomic E-state index is 0.244. The molecule has 0 amide bonds. The maximum absolute atomic E-state index is 12.0. The molecule has 1 aromatic rings. The zero-order valence-electron chi connectivity index (χ0n) is 13.2. The van der Waals surface area contributed by atoms with Crippen molar-refractivity contribution in [3.63, 3.8) is 0 Å². The Morgan fingerprint density at radius 3 is 2.62 bits per heavy atom. The summed E-state index contributed by atoms with van der Waals surface area (Å²) in [7, 11) is 1.98. The van der Waals surface area contributed by atoms with Gasteiger partial charge in [-0.15, -0.1) is 0 Å². The van der Waals surface area contributed by atoms with Gasteiger partial charge in [-0.1, -0.05) is 25.1 Å². The molecule has 0 radical (unpaired) electrons. The van der Waals surface area contributed by atoms with Crippen LogP contribution in [-0.4, -0.2) is 36.8 Å². The minimum Gasteiger partial charge on any atom is -0.480 e. The van der Waals surface area contributed by atoms with E-state index in [0.717, 1.165) is 31.5 Å². The molecule has 1 aliphatic rings. The van der Waals surface area contributed by atoms with E-state index in [1.54, 1.807) is 0 Å². The molecule has 0 heterocycles. The molecule has 2 N–H and O–H groups in total. The molecule has 4 heteroatoms. The maximum atomic E-state index is 12.0. The average Bonchev–Trinajstić information content (AvgIpc) is 3.28. The SMILES string of the molecule is CCCNC(CN(C)c1ccccc1C)(C(=O)O)C1CC1. The van der Waals surface area contributed by atoms with Crippen molar-refractivity contribution in [2.45, 2.75) is 38.6 Å². The summed E-state index contributed by atoms with van der Waals surface area (Å²) in [5.41, 5.74) is 1.44. The molecule has 4 nitrogen and oxygen atoms in total. The van der Waals surface area contributed by atoms with Crippen LogP contribution in [0.2, 0.25) is 0 Å². The quantitative estimate of drug-likeness (QED) is 0.773. The van der Waals surface area contributed by atoms with E-state index >= 15 is 0 Å². The molecule has 1 aliphatic carbocycles. The lowest BCUT2D eigenvalue weighted by atomic mass is 9.91. The van der Waals surface area contributed by atoms with E-state index in [1.807, 2.05) is 19.2 Å². The molecular formula is C17H26N2O2. The third kappa shape index (κ3) is 3.38. The summed E-state index contributed by atoms with van der Waals surface area (Å²) >= 11 is 0. The van der Waals surface area contributed by atoms with Crippen LogP contribution in [0.5, 0.6) is 0 Å². The number of aliphatic carboxylic acids is 1. The summed E-state index contributed by atoms with van der Waals surface area (Å²) in [5.74, 6) is -0.480. The summed E-state index contributed by atoms with van der Waals surface area (Å²) in [6.07, 6.45) is 2.95. The van der Waals surface area contributed by atoms with Gasteiger partial charge in [0.2, 0.25) is 0 Å². The molecule has 0 saturated heterocycles. The first kappa shape index (κ1) is 15.8. The Labute approximate surface area is 127 Å². The molecule has 1 fully saturated rings. The van der Waals surface area contributed by atoms with E-state index in [1.165, 1.54) is 5.56 Å². The van der Waals surface area contributed by atoms with Crippen molar-refractivity contribution < 1.29 is 9.90 Å². The fourth-order valence-electron chi connectivity index (χ4n) is 3.02. The van der Waals surface area contributed by atoms with Gasteiger partial charge in [-0.25, -0.2) is 0 Å². The smallest absolute Gasteiger partial charge is 0.326 e. The fourth-order valence-corrected chi connectivity index (χ4v) is 3.02. The highest BCUT2D eigenvalue weighted by atomic mass is 16.4. The molecule has 21 heavy (non-hydrogen) atoms. The van der Waals surface area contributed by atoms with Gasteiger partial charge in [-0.05, 0) is 50.3 Å². The summed E-state index contributed by atoms with van der Waals surface area (Å²) in [6.45, 7) is 5.37. The zero-order chi connectivity index (χ0) is 15.5. The van der Waals surface area contributed by atoms with Crippen molar-refractivity contribution in [2.75, 3.05) is 25.0 Å². The highest BCUT2D eigenvalue weighted by Crippen LogP contribution is 2.41. The van der Waals surface area contributed by atoms with Gasteiger partial charge >= 0.3 is 5.97 Å². The van der Waals surface area contributed by atoms with Crippen molar-refractivity contribution >= 4 is 11.7 Å². The predicted molar refractivity (Wildman–Crippen MR) is 85.8 cm³/mol. The number of anilines is 1. The van der Waals surface area contributed by atoms with Gasteiger partial charge < -0.3 is 15.3 Å². The Bertz CT molecular complexity index is 499. The Hall–Kier alpha value is -1.55. The summed E-state index contributed by atoms with van der Waals surface area (Å²) in [6, 6.07) is 8.12. The second-order valence-electron chi connectivity index (χ2n) is 6.12. The number of aryl methyl sites for hydroxylation is 1. The van der Waals surface area contributed by atoms with E-state index in [0.29, 0.717) is 6.54 Å². The summed E-state index contributed by atoms with van der Waals surface area (Å²) in [4.78, 5) is 14.0. The lowest BCUT2D eigenvalue weighted by molar-refractivity contribution is -0.145. The van der Waals surface area contributed by atoms with Gasteiger partial charge in [0.1, 0.15) is 5.54 Å². The predicted octanol–water partition coefficient (Wildman–Crippen LogP) is 2.66. The van der Waals surface area contributed by atoms with E-state index in [4.69, 9.17) is 0 Å². The van der Waals surface area contributed by atoms with Crippen molar-refractivity contribution in [1.29, 1.82) is 0 Å². The number of nitrogens with one attached hydrogen (secondary N) is 1. The molecule has 1 saturated carbocycles. The van der Waals surface area contributed by atoms with Crippen molar-refractivity contribution in [2.24, 2.45) is 5.92 Å². The fraction of sp³-hybridized carbons (Fsp3) is 0.588. The highest BCUT2D eigenvalue weighted by Gasteiger charge is 2.51. The molecule has 0 aliphatic heterocycles. The monoisotopic (exact) mass is 290 g/mol. The van der Waals surface area contributed by atoms with Crippen LogP contribution in [0.15, 0.2) is 24.3 Å². The minimum atomic E-state index is -0.826. The second-order valence-corrected chi connectivity index (χ2v) is 6.12. The van der Waals surface area contributed by atoms with Crippen LogP contribution in [-0.2, 0) is 4.79 Å². The number of hydrogen-bond acceptors (Lipinski definition) is 3. The number of benzene rings is 1. The van der Waals surface area contributed by atoms with E-state index in [2.05, 4.69) is 36.2 Å². The largest absolute Gasteiger partial charge is 0.480 e. The van der Waals surface area contributed by atoms with Gasteiger partial charge in [0, 0.05) is 19.3 Å². The molecule has 0 bridgehead atoms. The van der Waals surface area contributed by atoms with Crippen LogP contribution >= 0.6 is 0 Å². The van der Waals surface area contributed by atoms with Gasteiger partial charge in [-0.2, -0.15) is 0 Å². The maximum Gasteiger partial charge on any atom is 0.326 e. The van der Waals surface area contributed by atoms with Crippen LogP contribution < -0.4 is 10.2 Å². The molecule has 2 rings (SSSR count). The van der Waals surface area contributed by atoms with Crippen molar-refractivity contribution in [3.8, 4) is 0 Å². The first-order valence-electron chi connectivity index (χ1n) is 7.76. The number of rotatable bonds is 8. The number of carbonyl (C=O) groups is 1. The van der Waals surface area contributed by atoms with Crippen molar-refractivity contribution in [3.05, 3.63) is 29.8 Å². The molecule has 0 spiro atoms. The molecule has 116 valence electrons. The number of likely N-dealkylation sites (N-methyl/N-ethyl adjacent to an activating group) is 1. The molecule has 0 aromatic heterocycles. The Balaban J connectivity index is 2.22. The average molecular weight is 290 g/mol. The number of carboxylic acids is 1. The Morgan fingerprint density at radius 2 is 2.10 bits per heavy atom. The van der Waals surface area contributed by atoms with Gasteiger partial charge in [0.15, 0.2) is 0 Å². The Kier molecular flexibility index (Phi) is 4.88. The lowest BCUT2D eigenvalue weighted by Crippen LogP contribution is -2.60. The first-order chi connectivity index (χ1) is 10.0. The first-order valence-corrected chi connectivity index (χ1v) is 7.76. The normalized spacial score (nSPS) is 17.3. The van der Waals surface area contributed by atoms with E-state index in [9.17, 15) is 9.90 Å². The van der Waals surface area contributed by atoms with Crippen LogP contribution in [0.1, 0.15) is 31.7 Å². The zero-order valence-corrected chi connectivity index (χ0v) is 13.2. The lowest BCUT2D eigenvalue weighted by Gasteiger charge is -2.36. The third-order valence-corrected chi connectivity index (χ3v) is 4.36. The van der Waals surface area contributed by atoms with Gasteiger partial charge in [0.05, 0.1) is 0 Å². The molecule has 1 unspecified atom stereocenters. The van der Waals surface area contributed by atoms with E-state index < -0.39 is 11.5 Å². The second kappa shape index (κ2) is 6.48. The van der Waals surface area contributed by atoms with Crippen LogP contribution in [0.3, 0.4) is 0 Å². The van der Waals surface area contributed by atoms with Gasteiger partial charge in [0.25, 0.3) is 0 Å². The highest BCUT2D eigenvalue weighted by molar-refractivity contribution is 5.81.